The minimum atomic E-state index is -0.891. The lowest BCUT2D eigenvalue weighted by Gasteiger charge is -2.40. The van der Waals surface area contributed by atoms with Crippen molar-refractivity contribution in [3.63, 3.8) is 0 Å². The Hall–Kier alpha value is -2.10. The van der Waals surface area contributed by atoms with E-state index >= 15 is 0 Å². The van der Waals surface area contributed by atoms with E-state index in [9.17, 15) is 10.4 Å². The number of rotatable bonds is 3. The van der Waals surface area contributed by atoms with Crippen molar-refractivity contribution in [2.45, 2.75) is 25.0 Å². The summed E-state index contributed by atoms with van der Waals surface area (Å²) in [5.74, 6) is 0. The van der Waals surface area contributed by atoms with Crippen LogP contribution in [0.5, 0.6) is 0 Å². The molecular weight excluding hydrogens is 302 g/mol. The molecule has 0 spiro atoms. The van der Waals surface area contributed by atoms with Gasteiger partial charge in [-0.15, -0.1) is 5.10 Å². The number of hydrogen-bond acceptors (Lipinski definition) is 5. The number of nitrogens with zero attached hydrogens (tertiary/aromatic N) is 5. The molecule has 1 N–H and O–H groups in total. The largest absolute Gasteiger partial charge is 0.386 e. The fraction of sp³-hybridized carbons (Fsp3) is 0.400. The van der Waals surface area contributed by atoms with Gasteiger partial charge in [0.25, 0.3) is 0 Å². The van der Waals surface area contributed by atoms with Gasteiger partial charge < -0.3 is 10.0 Å². The van der Waals surface area contributed by atoms with Gasteiger partial charge in [0, 0.05) is 24.3 Å². The quantitative estimate of drug-likeness (QED) is 0.934. The highest BCUT2D eigenvalue weighted by molar-refractivity contribution is 6.30. The molecule has 7 heteroatoms. The van der Waals surface area contributed by atoms with E-state index in [1.54, 1.807) is 29.2 Å². The van der Waals surface area contributed by atoms with Crippen LogP contribution in [0.25, 0.3) is 0 Å². The number of halogens is 1. The summed E-state index contributed by atoms with van der Waals surface area (Å²) in [6.45, 7) is 1.64. The Morgan fingerprint density at radius 1 is 1.45 bits per heavy atom. The van der Waals surface area contributed by atoms with E-state index in [0.717, 1.165) is 18.7 Å². The summed E-state index contributed by atoms with van der Waals surface area (Å²) in [4.78, 5) is 2.04. The summed E-state index contributed by atoms with van der Waals surface area (Å²) in [6, 6.07) is 7.43. The fourth-order valence-corrected chi connectivity index (χ4v) is 3.11. The minimum absolute atomic E-state index is 0.388. The minimum Gasteiger partial charge on any atom is -0.386 e. The van der Waals surface area contributed by atoms with Gasteiger partial charge in [0.2, 0.25) is 0 Å². The standard InChI is InChI=1S/C15H16ClN5O/c16-13-2-3-14(12(8-13)9-17)20-6-1-4-15(22,10-20)11-21-7-5-18-19-21/h2-3,5,7-8,22H,1,4,6,10-11H2. The van der Waals surface area contributed by atoms with Crippen molar-refractivity contribution in [3.8, 4) is 6.07 Å². The Bertz CT molecular complexity index is 696. The molecule has 0 amide bonds. The van der Waals surface area contributed by atoms with Gasteiger partial charge in [0.15, 0.2) is 0 Å². The summed E-state index contributed by atoms with van der Waals surface area (Å²) < 4.78 is 1.64. The zero-order valence-electron chi connectivity index (χ0n) is 12.0. The lowest BCUT2D eigenvalue weighted by molar-refractivity contribution is 0.00603. The third-order valence-electron chi connectivity index (χ3n) is 3.90. The van der Waals surface area contributed by atoms with E-state index in [1.807, 2.05) is 11.0 Å². The number of piperidine rings is 1. The maximum atomic E-state index is 10.9. The van der Waals surface area contributed by atoms with Crippen molar-refractivity contribution in [2.24, 2.45) is 0 Å². The molecule has 1 atom stereocenters. The number of benzene rings is 1. The molecule has 0 radical (unpaired) electrons. The monoisotopic (exact) mass is 317 g/mol. The van der Waals surface area contributed by atoms with E-state index in [2.05, 4.69) is 16.4 Å². The first-order valence-electron chi connectivity index (χ1n) is 7.11. The number of aromatic nitrogens is 3. The summed E-state index contributed by atoms with van der Waals surface area (Å²) in [7, 11) is 0. The van der Waals surface area contributed by atoms with Gasteiger partial charge in [0.05, 0.1) is 24.0 Å². The molecule has 1 fully saturated rings. The van der Waals surface area contributed by atoms with Gasteiger partial charge in [0.1, 0.15) is 11.7 Å². The molecule has 1 aromatic heterocycles. The van der Waals surface area contributed by atoms with Crippen LogP contribution in [-0.2, 0) is 6.54 Å². The summed E-state index contributed by atoms with van der Waals surface area (Å²) >= 11 is 5.95. The topological polar surface area (TPSA) is 78.0 Å². The lowest BCUT2D eigenvalue weighted by Crippen LogP contribution is -2.51. The fourth-order valence-electron chi connectivity index (χ4n) is 2.94. The van der Waals surface area contributed by atoms with Crippen LogP contribution < -0.4 is 4.90 Å². The molecule has 0 saturated carbocycles. The maximum absolute atomic E-state index is 10.9. The number of β-amino-alcohol motifs (C(OH)–C–C–N with tert-alkyl or cyclic N) is 1. The molecular formula is C15H16ClN5O. The van der Waals surface area contributed by atoms with Crippen LogP contribution in [0.1, 0.15) is 18.4 Å². The van der Waals surface area contributed by atoms with Crippen LogP contribution in [0.3, 0.4) is 0 Å². The summed E-state index contributed by atoms with van der Waals surface area (Å²) in [5.41, 5.74) is 0.444. The van der Waals surface area contributed by atoms with Crippen LogP contribution in [0.2, 0.25) is 5.02 Å². The average molecular weight is 318 g/mol. The molecule has 1 unspecified atom stereocenters. The van der Waals surface area contributed by atoms with Gasteiger partial charge in [-0.2, -0.15) is 5.26 Å². The SMILES string of the molecule is N#Cc1cc(Cl)ccc1N1CCCC(O)(Cn2ccnn2)C1. The zero-order chi connectivity index (χ0) is 15.6. The van der Waals surface area contributed by atoms with Gasteiger partial charge in [-0.1, -0.05) is 16.8 Å². The number of nitriles is 1. The first-order chi connectivity index (χ1) is 10.6. The molecule has 1 aliphatic rings. The smallest absolute Gasteiger partial charge is 0.102 e. The predicted octanol–water partition coefficient (Wildman–Crippen LogP) is 1.83. The predicted molar refractivity (Wildman–Crippen MR) is 82.6 cm³/mol. The third kappa shape index (κ3) is 3.06. The third-order valence-corrected chi connectivity index (χ3v) is 4.14. The normalized spacial score (nSPS) is 21.6. The second kappa shape index (κ2) is 5.95. The van der Waals surface area contributed by atoms with Crippen molar-refractivity contribution < 1.29 is 5.11 Å². The van der Waals surface area contributed by atoms with Crippen LogP contribution in [0.15, 0.2) is 30.6 Å². The number of aliphatic hydroxyl groups is 1. The van der Waals surface area contributed by atoms with E-state index in [4.69, 9.17) is 11.6 Å². The van der Waals surface area contributed by atoms with Gasteiger partial charge in [-0.25, -0.2) is 4.68 Å². The molecule has 114 valence electrons. The Morgan fingerprint density at radius 2 is 2.32 bits per heavy atom. The molecule has 2 aromatic rings. The summed E-state index contributed by atoms with van der Waals surface area (Å²) in [5, 5.41) is 28.4. The Labute approximate surface area is 133 Å². The molecule has 22 heavy (non-hydrogen) atoms. The maximum Gasteiger partial charge on any atom is 0.102 e. The highest BCUT2D eigenvalue weighted by atomic mass is 35.5. The molecule has 0 bridgehead atoms. The Morgan fingerprint density at radius 3 is 3.05 bits per heavy atom. The Kier molecular flexibility index (Phi) is 4.01. The van der Waals surface area contributed by atoms with Crippen molar-refractivity contribution in [3.05, 3.63) is 41.2 Å². The van der Waals surface area contributed by atoms with Crippen LogP contribution in [0, 0.1) is 11.3 Å². The summed E-state index contributed by atoms with van der Waals surface area (Å²) in [6.07, 6.45) is 4.87. The van der Waals surface area contributed by atoms with E-state index < -0.39 is 5.60 Å². The van der Waals surface area contributed by atoms with E-state index in [1.165, 1.54) is 0 Å². The first kappa shape index (κ1) is 14.8. The molecule has 1 aliphatic heterocycles. The number of hydrogen-bond donors (Lipinski definition) is 1. The van der Waals surface area contributed by atoms with Crippen molar-refractivity contribution in [2.75, 3.05) is 18.0 Å². The van der Waals surface area contributed by atoms with Crippen LogP contribution >= 0.6 is 11.6 Å². The van der Waals surface area contributed by atoms with E-state index in [-0.39, 0.29) is 0 Å². The van der Waals surface area contributed by atoms with Crippen molar-refractivity contribution in [1.82, 2.24) is 15.0 Å². The van der Waals surface area contributed by atoms with E-state index in [0.29, 0.717) is 30.1 Å². The highest BCUT2D eigenvalue weighted by Gasteiger charge is 2.34. The molecule has 1 aromatic carbocycles. The Balaban J connectivity index is 1.82. The lowest BCUT2D eigenvalue weighted by atomic mass is 9.92. The zero-order valence-corrected chi connectivity index (χ0v) is 12.7. The second-order valence-corrected chi connectivity index (χ2v) is 6.06. The average Bonchev–Trinajstić information content (AvgIpc) is 2.99. The van der Waals surface area contributed by atoms with Crippen molar-refractivity contribution >= 4 is 17.3 Å². The number of anilines is 1. The van der Waals surface area contributed by atoms with Gasteiger partial charge in [-0.05, 0) is 31.0 Å². The highest BCUT2D eigenvalue weighted by Crippen LogP contribution is 2.30. The van der Waals surface area contributed by atoms with Gasteiger partial charge >= 0.3 is 0 Å². The van der Waals surface area contributed by atoms with Crippen LogP contribution in [0.4, 0.5) is 5.69 Å². The second-order valence-electron chi connectivity index (χ2n) is 5.62. The van der Waals surface area contributed by atoms with Crippen LogP contribution in [-0.4, -0.2) is 38.8 Å². The molecule has 3 rings (SSSR count). The first-order valence-corrected chi connectivity index (χ1v) is 7.48. The van der Waals surface area contributed by atoms with Crippen molar-refractivity contribution in [1.29, 1.82) is 5.26 Å². The van der Waals surface area contributed by atoms with Gasteiger partial charge in [-0.3, -0.25) is 0 Å². The molecule has 6 nitrogen and oxygen atoms in total. The molecule has 1 saturated heterocycles. The molecule has 0 aliphatic carbocycles. The molecule has 2 heterocycles.